The summed E-state index contributed by atoms with van der Waals surface area (Å²) in [4.78, 5) is 4.05. The Kier molecular flexibility index (Phi) is 4.32. The number of aryl methyl sites for hydroxylation is 1. The Labute approximate surface area is 114 Å². The number of aromatic nitrogens is 3. The lowest BCUT2D eigenvalue weighted by atomic mass is 9.99. The molecule has 2 rings (SSSR count). The lowest BCUT2D eigenvalue weighted by Crippen LogP contribution is -2.20. The number of nitrogens with zero attached hydrogens (tertiary/aromatic N) is 3. The highest BCUT2D eigenvalue weighted by atomic mass is 15.3. The van der Waals surface area contributed by atoms with Crippen LogP contribution < -0.4 is 5.32 Å². The van der Waals surface area contributed by atoms with Crippen LogP contribution in [0.25, 0.3) is 5.69 Å². The summed E-state index contributed by atoms with van der Waals surface area (Å²) in [6.07, 6.45) is 3.60. The first kappa shape index (κ1) is 13.7. The number of hydrogen-bond donors (Lipinski definition) is 1. The Bertz CT molecular complexity index is 531. The van der Waals surface area contributed by atoms with Crippen LogP contribution in [0.3, 0.4) is 0 Å². The minimum absolute atomic E-state index is 0.468. The zero-order valence-electron chi connectivity index (χ0n) is 12.1. The van der Waals surface area contributed by atoms with E-state index in [-0.39, 0.29) is 0 Å². The SMILES string of the molecule is CCNCC(C)c1c(C)nn(-c2ccncc2)c1C. The summed E-state index contributed by atoms with van der Waals surface area (Å²) in [7, 11) is 0. The predicted molar refractivity (Wildman–Crippen MR) is 77.8 cm³/mol. The van der Waals surface area contributed by atoms with E-state index >= 15 is 0 Å². The molecule has 2 aromatic heterocycles. The summed E-state index contributed by atoms with van der Waals surface area (Å²) < 4.78 is 2.01. The normalized spacial score (nSPS) is 12.6. The van der Waals surface area contributed by atoms with Crippen molar-refractivity contribution >= 4 is 0 Å². The van der Waals surface area contributed by atoms with Crippen molar-refractivity contribution in [2.24, 2.45) is 0 Å². The molecule has 0 fully saturated rings. The Morgan fingerprint density at radius 1 is 1.26 bits per heavy atom. The molecular formula is C15H22N4. The highest BCUT2D eigenvalue weighted by Crippen LogP contribution is 2.24. The molecule has 0 bridgehead atoms. The van der Waals surface area contributed by atoms with Gasteiger partial charge in [-0.2, -0.15) is 5.10 Å². The van der Waals surface area contributed by atoms with Crippen molar-refractivity contribution in [3.05, 3.63) is 41.5 Å². The van der Waals surface area contributed by atoms with Crippen LogP contribution in [-0.4, -0.2) is 27.9 Å². The predicted octanol–water partition coefficient (Wildman–Crippen LogP) is 2.60. The van der Waals surface area contributed by atoms with E-state index in [0.717, 1.165) is 24.5 Å². The van der Waals surface area contributed by atoms with Gasteiger partial charge in [0.25, 0.3) is 0 Å². The first-order chi connectivity index (χ1) is 9.15. The fraction of sp³-hybridized carbons (Fsp3) is 0.467. The van der Waals surface area contributed by atoms with Crippen LogP contribution in [0.5, 0.6) is 0 Å². The lowest BCUT2D eigenvalue weighted by molar-refractivity contribution is 0.630. The number of hydrogen-bond acceptors (Lipinski definition) is 3. The Morgan fingerprint density at radius 2 is 1.95 bits per heavy atom. The van der Waals surface area contributed by atoms with Gasteiger partial charge in [-0.05, 0) is 38.4 Å². The smallest absolute Gasteiger partial charge is 0.0679 e. The third kappa shape index (κ3) is 2.84. The number of rotatable bonds is 5. The van der Waals surface area contributed by atoms with Crippen molar-refractivity contribution in [2.75, 3.05) is 13.1 Å². The quantitative estimate of drug-likeness (QED) is 0.896. The third-order valence-corrected chi connectivity index (χ3v) is 3.45. The standard InChI is InChI=1S/C15H22N4/c1-5-16-10-11(2)15-12(3)18-19(13(15)4)14-6-8-17-9-7-14/h6-9,11,16H,5,10H2,1-4H3. The molecule has 1 atom stereocenters. The van der Waals surface area contributed by atoms with Crippen LogP contribution >= 0.6 is 0 Å². The summed E-state index contributed by atoms with van der Waals surface area (Å²) >= 11 is 0. The number of nitrogens with one attached hydrogen (secondary N) is 1. The maximum Gasteiger partial charge on any atom is 0.0679 e. The maximum atomic E-state index is 4.67. The summed E-state index contributed by atoms with van der Waals surface area (Å²) in [5.41, 5.74) is 4.74. The molecule has 0 radical (unpaired) electrons. The first-order valence-corrected chi connectivity index (χ1v) is 6.82. The Hall–Kier alpha value is -1.68. The van der Waals surface area contributed by atoms with Crippen LogP contribution in [0.4, 0.5) is 0 Å². The summed E-state index contributed by atoms with van der Waals surface area (Å²) in [6, 6.07) is 3.97. The van der Waals surface area contributed by atoms with Crippen LogP contribution in [0, 0.1) is 13.8 Å². The molecule has 0 aliphatic carbocycles. The van der Waals surface area contributed by atoms with Gasteiger partial charge >= 0.3 is 0 Å². The monoisotopic (exact) mass is 258 g/mol. The van der Waals surface area contributed by atoms with E-state index in [1.807, 2.05) is 16.8 Å². The zero-order valence-corrected chi connectivity index (χ0v) is 12.1. The first-order valence-electron chi connectivity index (χ1n) is 6.82. The minimum atomic E-state index is 0.468. The third-order valence-electron chi connectivity index (χ3n) is 3.45. The molecule has 0 saturated heterocycles. The van der Waals surface area contributed by atoms with E-state index in [4.69, 9.17) is 0 Å². The van der Waals surface area contributed by atoms with Crippen molar-refractivity contribution in [3.8, 4) is 5.69 Å². The van der Waals surface area contributed by atoms with E-state index in [1.165, 1.54) is 11.3 Å². The number of likely N-dealkylation sites (N-methyl/N-ethyl adjacent to an activating group) is 1. The summed E-state index contributed by atoms with van der Waals surface area (Å²) in [5.74, 6) is 0.468. The second-order valence-corrected chi connectivity index (χ2v) is 4.91. The van der Waals surface area contributed by atoms with Crippen LogP contribution in [0.15, 0.2) is 24.5 Å². The van der Waals surface area contributed by atoms with Gasteiger partial charge in [0.05, 0.1) is 11.4 Å². The minimum Gasteiger partial charge on any atom is -0.316 e. The molecule has 0 amide bonds. The van der Waals surface area contributed by atoms with Crippen LogP contribution in [-0.2, 0) is 0 Å². The van der Waals surface area contributed by atoms with Gasteiger partial charge in [0.2, 0.25) is 0 Å². The summed E-state index contributed by atoms with van der Waals surface area (Å²) in [5, 5.41) is 8.07. The molecule has 0 spiro atoms. The molecule has 0 aromatic carbocycles. The van der Waals surface area contributed by atoms with Crippen molar-refractivity contribution in [3.63, 3.8) is 0 Å². The Morgan fingerprint density at radius 3 is 2.58 bits per heavy atom. The molecule has 2 heterocycles. The molecule has 0 aliphatic heterocycles. The molecule has 102 valence electrons. The fourth-order valence-electron chi connectivity index (χ4n) is 2.57. The van der Waals surface area contributed by atoms with Gasteiger partial charge in [0.15, 0.2) is 0 Å². The molecule has 4 nitrogen and oxygen atoms in total. The van der Waals surface area contributed by atoms with Gasteiger partial charge in [-0.15, -0.1) is 0 Å². The molecule has 19 heavy (non-hydrogen) atoms. The molecule has 2 aromatic rings. The van der Waals surface area contributed by atoms with Crippen LogP contribution in [0.2, 0.25) is 0 Å². The average molecular weight is 258 g/mol. The Balaban J connectivity index is 2.35. The van der Waals surface area contributed by atoms with Crippen LogP contribution in [0.1, 0.15) is 36.7 Å². The second kappa shape index (κ2) is 5.97. The van der Waals surface area contributed by atoms with Gasteiger partial charge in [-0.1, -0.05) is 13.8 Å². The molecule has 1 unspecified atom stereocenters. The van der Waals surface area contributed by atoms with E-state index in [9.17, 15) is 0 Å². The van der Waals surface area contributed by atoms with Gasteiger partial charge < -0.3 is 5.32 Å². The largest absolute Gasteiger partial charge is 0.316 e. The molecule has 0 aliphatic rings. The zero-order chi connectivity index (χ0) is 13.8. The highest BCUT2D eigenvalue weighted by Gasteiger charge is 2.17. The van der Waals surface area contributed by atoms with E-state index in [1.54, 1.807) is 12.4 Å². The van der Waals surface area contributed by atoms with Gasteiger partial charge in [-0.3, -0.25) is 4.98 Å². The van der Waals surface area contributed by atoms with Crippen molar-refractivity contribution in [2.45, 2.75) is 33.6 Å². The van der Waals surface area contributed by atoms with Gasteiger partial charge in [0, 0.05) is 30.2 Å². The van der Waals surface area contributed by atoms with E-state index in [2.05, 4.69) is 43.1 Å². The molecule has 0 saturated carbocycles. The fourth-order valence-corrected chi connectivity index (χ4v) is 2.57. The average Bonchev–Trinajstić information content (AvgIpc) is 2.72. The van der Waals surface area contributed by atoms with Crippen molar-refractivity contribution in [1.29, 1.82) is 0 Å². The highest BCUT2D eigenvalue weighted by molar-refractivity contribution is 5.37. The van der Waals surface area contributed by atoms with Gasteiger partial charge in [-0.25, -0.2) is 4.68 Å². The van der Waals surface area contributed by atoms with Gasteiger partial charge in [0.1, 0.15) is 0 Å². The second-order valence-electron chi connectivity index (χ2n) is 4.91. The molecule has 4 heteroatoms. The number of pyridine rings is 1. The lowest BCUT2D eigenvalue weighted by Gasteiger charge is -2.13. The topological polar surface area (TPSA) is 42.7 Å². The van der Waals surface area contributed by atoms with E-state index in [0.29, 0.717) is 5.92 Å². The maximum absolute atomic E-state index is 4.67. The summed E-state index contributed by atoms with van der Waals surface area (Å²) in [6.45, 7) is 10.6. The van der Waals surface area contributed by atoms with Crippen molar-refractivity contribution < 1.29 is 0 Å². The molecule has 1 N–H and O–H groups in total. The van der Waals surface area contributed by atoms with E-state index < -0.39 is 0 Å². The molecular weight excluding hydrogens is 236 g/mol. The van der Waals surface area contributed by atoms with Crippen molar-refractivity contribution in [1.82, 2.24) is 20.1 Å².